The highest BCUT2D eigenvalue weighted by Gasteiger charge is 2.34. The lowest BCUT2D eigenvalue weighted by molar-refractivity contribution is 0.00697. The normalized spacial score (nSPS) is 32.1. The summed E-state index contributed by atoms with van der Waals surface area (Å²) in [4.78, 5) is 4.99. The number of hydrogen-bond donors (Lipinski definition) is 1. The van der Waals surface area contributed by atoms with Crippen molar-refractivity contribution in [1.82, 2.24) is 9.80 Å². The zero-order valence-electron chi connectivity index (χ0n) is 13.1. The average molecular weight is 268 g/mol. The van der Waals surface area contributed by atoms with Crippen LogP contribution in [0.4, 0.5) is 0 Å². The van der Waals surface area contributed by atoms with Crippen molar-refractivity contribution < 1.29 is 5.11 Å². The minimum absolute atomic E-state index is 0.0812. The SMILES string of the molecule is CN(CCN1CCCC1)CC1CC(C)(C)CCC1O. The molecule has 1 saturated heterocycles. The van der Waals surface area contributed by atoms with Crippen LogP contribution in [-0.4, -0.2) is 60.8 Å². The van der Waals surface area contributed by atoms with Crippen molar-refractivity contribution in [3.63, 3.8) is 0 Å². The van der Waals surface area contributed by atoms with Gasteiger partial charge in [-0.25, -0.2) is 0 Å². The molecule has 3 heteroatoms. The number of aliphatic hydroxyl groups excluding tert-OH is 1. The average Bonchev–Trinajstić information content (AvgIpc) is 2.84. The first-order valence-corrected chi connectivity index (χ1v) is 8.05. The Balaban J connectivity index is 1.72. The molecule has 2 unspecified atom stereocenters. The van der Waals surface area contributed by atoms with Crippen molar-refractivity contribution in [2.24, 2.45) is 11.3 Å². The highest BCUT2D eigenvalue weighted by Crippen LogP contribution is 2.38. The van der Waals surface area contributed by atoms with Crippen molar-refractivity contribution in [2.75, 3.05) is 39.8 Å². The lowest BCUT2D eigenvalue weighted by atomic mass is 9.71. The van der Waals surface area contributed by atoms with E-state index < -0.39 is 0 Å². The van der Waals surface area contributed by atoms with Gasteiger partial charge in [-0.2, -0.15) is 0 Å². The summed E-state index contributed by atoms with van der Waals surface area (Å²) < 4.78 is 0. The van der Waals surface area contributed by atoms with Gasteiger partial charge in [-0.1, -0.05) is 13.8 Å². The van der Waals surface area contributed by atoms with Gasteiger partial charge in [0.2, 0.25) is 0 Å². The number of aliphatic hydroxyl groups is 1. The van der Waals surface area contributed by atoms with Gasteiger partial charge in [0.1, 0.15) is 0 Å². The Kier molecular flexibility index (Phi) is 5.27. The Hall–Kier alpha value is -0.120. The fourth-order valence-corrected chi connectivity index (χ4v) is 3.72. The molecule has 0 aromatic rings. The maximum Gasteiger partial charge on any atom is 0.0581 e. The van der Waals surface area contributed by atoms with E-state index in [-0.39, 0.29) is 6.10 Å². The molecule has 0 aromatic carbocycles. The molecule has 1 aliphatic carbocycles. The predicted molar refractivity (Wildman–Crippen MR) is 80.3 cm³/mol. The minimum Gasteiger partial charge on any atom is -0.393 e. The Morgan fingerprint density at radius 1 is 1.26 bits per heavy atom. The molecule has 1 aliphatic heterocycles. The van der Waals surface area contributed by atoms with Crippen LogP contribution in [0.5, 0.6) is 0 Å². The van der Waals surface area contributed by atoms with Crippen LogP contribution in [-0.2, 0) is 0 Å². The van der Waals surface area contributed by atoms with Gasteiger partial charge in [0.05, 0.1) is 6.10 Å². The molecular formula is C16H32N2O. The Labute approximate surface area is 119 Å². The van der Waals surface area contributed by atoms with E-state index >= 15 is 0 Å². The van der Waals surface area contributed by atoms with Gasteiger partial charge in [0.25, 0.3) is 0 Å². The summed E-state index contributed by atoms with van der Waals surface area (Å²) in [6.07, 6.45) is 5.99. The summed E-state index contributed by atoms with van der Waals surface area (Å²) in [6, 6.07) is 0. The largest absolute Gasteiger partial charge is 0.393 e. The Bertz CT molecular complexity index is 274. The first kappa shape index (κ1) is 15.3. The van der Waals surface area contributed by atoms with Crippen molar-refractivity contribution in [3.05, 3.63) is 0 Å². The van der Waals surface area contributed by atoms with Crippen LogP contribution < -0.4 is 0 Å². The van der Waals surface area contributed by atoms with E-state index in [2.05, 4.69) is 30.7 Å². The molecule has 0 bridgehead atoms. The summed E-state index contributed by atoms with van der Waals surface area (Å²) in [7, 11) is 2.21. The molecule has 3 nitrogen and oxygen atoms in total. The van der Waals surface area contributed by atoms with Gasteiger partial charge < -0.3 is 14.9 Å². The van der Waals surface area contributed by atoms with Crippen LogP contribution in [0.1, 0.15) is 46.0 Å². The molecule has 1 heterocycles. The van der Waals surface area contributed by atoms with Crippen molar-refractivity contribution >= 4 is 0 Å². The molecule has 112 valence electrons. The molecule has 1 N–H and O–H groups in total. The molecule has 0 aromatic heterocycles. The Morgan fingerprint density at radius 3 is 2.63 bits per heavy atom. The van der Waals surface area contributed by atoms with Gasteiger partial charge in [-0.3, -0.25) is 0 Å². The van der Waals surface area contributed by atoms with Crippen LogP contribution in [0.25, 0.3) is 0 Å². The highest BCUT2D eigenvalue weighted by molar-refractivity contribution is 4.86. The molecule has 0 spiro atoms. The van der Waals surface area contributed by atoms with E-state index in [0.29, 0.717) is 11.3 Å². The van der Waals surface area contributed by atoms with E-state index in [1.807, 2.05) is 0 Å². The molecule has 1 saturated carbocycles. The monoisotopic (exact) mass is 268 g/mol. The van der Waals surface area contributed by atoms with Crippen molar-refractivity contribution in [1.29, 1.82) is 0 Å². The molecular weight excluding hydrogens is 236 g/mol. The molecule has 0 radical (unpaired) electrons. The second-order valence-corrected chi connectivity index (χ2v) is 7.55. The van der Waals surface area contributed by atoms with Gasteiger partial charge in [-0.05, 0) is 63.6 Å². The third-order valence-corrected chi connectivity index (χ3v) is 5.02. The summed E-state index contributed by atoms with van der Waals surface area (Å²) >= 11 is 0. The second kappa shape index (κ2) is 6.55. The first-order valence-electron chi connectivity index (χ1n) is 8.05. The van der Waals surface area contributed by atoms with Crippen LogP contribution in [0.3, 0.4) is 0 Å². The molecule has 2 aliphatic rings. The summed E-state index contributed by atoms with van der Waals surface area (Å²) in [5.74, 6) is 0.465. The molecule has 2 rings (SSSR count). The standard InChI is InChI=1S/C16H32N2O/c1-16(2)7-6-15(19)14(12-16)13-17(3)10-11-18-8-4-5-9-18/h14-15,19H,4-13H2,1-3H3. The highest BCUT2D eigenvalue weighted by atomic mass is 16.3. The van der Waals surface area contributed by atoms with E-state index in [1.54, 1.807) is 0 Å². The van der Waals surface area contributed by atoms with Gasteiger partial charge >= 0.3 is 0 Å². The smallest absolute Gasteiger partial charge is 0.0581 e. The first-order chi connectivity index (χ1) is 8.96. The Morgan fingerprint density at radius 2 is 1.95 bits per heavy atom. The zero-order valence-corrected chi connectivity index (χ0v) is 13.1. The van der Waals surface area contributed by atoms with E-state index in [1.165, 1.54) is 45.3 Å². The fraction of sp³-hybridized carbons (Fsp3) is 1.00. The summed E-state index contributed by atoms with van der Waals surface area (Å²) in [5.41, 5.74) is 0.416. The number of rotatable bonds is 5. The fourth-order valence-electron chi connectivity index (χ4n) is 3.72. The van der Waals surface area contributed by atoms with Crippen LogP contribution in [0.15, 0.2) is 0 Å². The third kappa shape index (κ3) is 4.73. The number of hydrogen-bond acceptors (Lipinski definition) is 3. The predicted octanol–water partition coefficient (Wildman–Crippen LogP) is 2.20. The summed E-state index contributed by atoms with van der Waals surface area (Å²) in [6.45, 7) is 10.6. The maximum atomic E-state index is 10.2. The lowest BCUT2D eigenvalue weighted by Crippen LogP contribution is -2.41. The maximum absolute atomic E-state index is 10.2. The van der Waals surface area contributed by atoms with Crippen LogP contribution >= 0.6 is 0 Å². The van der Waals surface area contributed by atoms with Crippen LogP contribution in [0, 0.1) is 11.3 Å². The zero-order chi connectivity index (χ0) is 13.9. The van der Waals surface area contributed by atoms with Crippen molar-refractivity contribution in [3.8, 4) is 0 Å². The van der Waals surface area contributed by atoms with E-state index in [0.717, 1.165) is 19.5 Å². The summed E-state index contributed by atoms with van der Waals surface area (Å²) in [5, 5.41) is 10.2. The quantitative estimate of drug-likeness (QED) is 0.828. The topological polar surface area (TPSA) is 26.7 Å². The molecule has 19 heavy (non-hydrogen) atoms. The van der Waals surface area contributed by atoms with Crippen LogP contribution in [0.2, 0.25) is 0 Å². The van der Waals surface area contributed by atoms with Gasteiger partial charge in [-0.15, -0.1) is 0 Å². The molecule has 2 fully saturated rings. The third-order valence-electron chi connectivity index (χ3n) is 5.02. The molecule has 2 atom stereocenters. The lowest BCUT2D eigenvalue weighted by Gasteiger charge is -2.40. The second-order valence-electron chi connectivity index (χ2n) is 7.55. The van der Waals surface area contributed by atoms with E-state index in [4.69, 9.17) is 0 Å². The molecule has 0 amide bonds. The van der Waals surface area contributed by atoms with Crippen molar-refractivity contribution in [2.45, 2.75) is 52.1 Å². The van der Waals surface area contributed by atoms with Gasteiger partial charge in [0, 0.05) is 19.6 Å². The number of likely N-dealkylation sites (N-methyl/N-ethyl adjacent to an activating group) is 1. The van der Waals surface area contributed by atoms with Gasteiger partial charge in [0.15, 0.2) is 0 Å². The number of likely N-dealkylation sites (tertiary alicyclic amines) is 1. The minimum atomic E-state index is -0.0812. The number of nitrogens with zero attached hydrogens (tertiary/aromatic N) is 2. The van der Waals surface area contributed by atoms with E-state index in [9.17, 15) is 5.11 Å².